The van der Waals surface area contributed by atoms with Crippen LogP contribution in [0, 0.1) is 11.3 Å². The summed E-state index contributed by atoms with van der Waals surface area (Å²) in [6, 6.07) is 14.8. The monoisotopic (exact) mass is 517 g/mol. The molecule has 1 N–H and O–H groups in total. The van der Waals surface area contributed by atoms with Gasteiger partial charge in [-0.3, -0.25) is 9.59 Å². The molecule has 4 rings (SSSR count). The minimum absolute atomic E-state index is 0.139. The summed E-state index contributed by atoms with van der Waals surface area (Å²) in [5.74, 6) is -0.642. The lowest BCUT2D eigenvalue weighted by molar-refractivity contribution is -0.162. The molecule has 1 saturated carbocycles. The predicted molar refractivity (Wildman–Crippen MR) is 138 cm³/mol. The SMILES string of the molecule is CCC(COCC1CC1)N1C(=O)[C@@](C)(CC(=O)O)CC(c2cccc(Cl)c2)[C@H]1c1ccc(Cl)cc1. The summed E-state index contributed by atoms with van der Waals surface area (Å²) in [7, 11) is 0. The second-order valence-corrected chi connectivity index (χ2v) is 11.1. The van der Waals surface area contributed by atoms with Gasteiger partial charge in [0, 0.05) is 22.6 Å². The van der Waals surface area contributed by atoms with Gasteiger partial charge in [-0.25, -0.2) is 0 Å². The number of piperidine rings is 1. The highest BCUT2D eigenvalue weighted by atomic mass is 35.5. The molecule has 1 aliphatic carbocycles. The van der Waals surface area contributed by atoms with Gasteiger partial charge in [-0.15, -0.1) is 0 Å². The molecule has 0 radical (unpaired) electrons. The van der Waals surface area contributed by atoms with Crippen LogP contribution in [0.3, 0.4) is 0 Å². The molecule has 1 saturated heterocycles. The van der Waals surface area contributed by atoms with E-state index in [1.165, 1.54) is 12.8 Å². The number of aliphatic carboxylic acids is 1. The maximum atomic E-state index is 14.1. The molecule has 2 aromatic carbocycles. The Kier molecular flexibility index (Phi) is 8.09. The first-order chi connectivity index (χ1) is 16.7. The maximum absolute atomic E-state index is 14.1. The highest BCUT2D eigenvalue weighted by molar-refractivity contribution is 6.30. The molecule has 1 aliphatic heterocycles. The van der Waals surface area contributed by atoms with Gasteiger partial charge in [0.05, 0.1) is 30.5 Å². The van der Waals surface area contributed by atoms with Crippen molar-refractivity contribution in [2.45, 2.75) is 64.0 Å². The van der Waals surface area contributed by atoms with Gasteiger partial charge in [-0.05, 0) is 67.0 Å². The van der Waals surface area contributed by atoms with Crippen LogP contribution in [0.4, 0.5) is 0 Å². The number of carbonyl (C=O) groups excluding carboxylic acids is 1. The molecule has 4 atom stereocenters. The van der Waals surface area contributed by atoms with Gasteiger partial charge in [0.25, 0.3) is 0 Å². The number of amides is 1. The van der Waals surface area contributed by atoms with Gasteiger partial charge >= 0.3 is 5.97 Å². The molecule has 0 spiro atoms. The van der Waals surface area contributed by atoms with Crippen molar-refractivity contribution in [3.05, 3.63) is 69.7 Å². The second-order valence-electron chi connectivity index (χ2n) is 10.2. The van der Waals surface area contributed by atoms with E-state index in [1.807, 2.05) is 53.4 Å². The molecule has 2 aromatic rings. The Morgan fingerprint density at radius 3 is 2.46 bits per heavy atom. The van der Waals surface area contributed by atoms with Crippen LogP contribution in [0.5, 0.6) is 0 Å². The third-order valence-electron chi connectivity index (χ3n) is 7.36. The summed E-state index contributed by atoms with van der Waals surface area (Å²) in [6.07, 6.45) is 3.26. The van der Waals surface area contributed by atoms with Crippen molar-refractivity contribution in [1.29, 1.82) is 0 Å². The first-order valence-electron chi connectivity index (χ1n) is 12.3. The van der Waals surface area contributed by atoms with E-state index in [0.29, 0.717) is 42.0 Å². The van der Waals surface area contributed by atoms with Crippen molar-refractivity contribution in [1.82, 2.24) is 4.90 Å². The Morgan fingerprint density at radius 2 is 1.86 bits per heavy atom. The highest BCUT2D eigenvalue weighted by Crippen LogP contribution is 2.52. The number of rotatable bonds is 10. The number of nitrogens with zero attached hydrogens (tertiary/aromatic N) is 1. The topological polar surface area (TPSA) is 66.8 Å². The van der Waals surface area contributed by atoms with Gasteiger partial charge in [0.15, 0.2) is 0 Å². The average molecular weight is 518 g/mol. The van der Waals surface area contributed by atoms with Gasteiger partial charge in [-0.2, -0.15) is 0 Å². The first kappa shape index (κ1) is 26.0. The van der Waals surface area contributed by atoms with E-state index < -0.39 is 11.4 Å². The molecule has 2 aliphatic rings. The lowest BCUT2D eigenvalue weighted by atomic mass is 9.67. The number of likely N-dealkylation sites (tertiary alicyclic amines) is 1. The van der Waals surface area contributed by atoms with Crippen LogP contribution in [0.25, 0.3) is 0 Å². The maximum Gasteiger partial charge on any atom is 0.304 e. The van der Waals surface area contributed by atoms with Crippen molar-refractivity contribution in [2.24, 2.45) is 11.3 Å². The number of carboxylic acids is 1. The minimum Gasteiger partial charge on any atom is -0.481 e. The molecule has 188 valence electrons. The quantitative estimate of drug-likeness (QED) is 0.379. The molecule has 1 heterocycles. The third kappa shape index (κ3) is 6.02. The summed E-state index contributed by atoms with van der Waals surface area (Å²) >= 11 is 12.6. The smallest absolute Gasteiger partial charge is 0.304 e. The van der Waals surface area contributed by atoms with Crippen molar-refractivity contribution >= 4 is 35.1 Å². The molecular weight excluding hydrogens is 485 g/mol. The van der Waals surface area contributed by atoms with E-state index in [1.54, 1.807) is 6.92 Å². The van der Waals surface area contributed by atoms with E-state index in [-0.39, 0.29) is 30.3 Å². The van der Waals surface area contributed by atoms with Crippen molar-refractivity contribution in [2.75, 3.05) is 13.2 Å². The number of carbonyl (C=O) groups is 2. The van der Waals surface area contributed by atoms with Crippen molar-refractivity contribution in [3.63, 3.8) is 0 Å². The standard InChI is InChI=1S/C28H33Cl2NO4/c1-3-23(17-35-16-18-7-8-18)31-26(19-9-11-21(29)12-10-19)24(20-5-4-6-22(30)13-20)14-28(2,27(31)34)15-25(32)33/h4-6,9-13,18,23-24,26H,3,7-8,14-17H2,1-2H3,(H,32,33)/t23?,24?,26-,28-/m1/s1. The van der Waals surface area contributed by atoms with Gasteiger partial charge in [0.2, 0.25) is 5.91 Å². The van der Waals surface area contributed by atoms with Crippen LogP contribution in [-0.2, 0) is 14.3 Å². The molecule has 35 heavy (non-hydrogen) atoms. The number of ether oxygens (including phenoxy) is 1. The Balaban J connectivity index is 1.81. The normalized spacial score (nSPS) is 25.5. The first-order valence-corrected chi connectivity index (χ1v) is 13.1. The highest BCUT2D eigenvalue weighted by Gasteiger charge is 2.52. The molecule has 0 bridgehead atoms. The van der Waals surface area contributed by atoms with E-state index in [9.17, 15) is 14.7 Å². The lowest BCUT2D eigenvalue weighted by Gasteiger charge is -2.51. The van der Waals surface area contributed by atoms with Crippen LogP contribution in [0.1, 0.15) is 69.0 Å². The van der Waals surface area contributed by atoms with Crippen molar-refractivity contribution in [3.8, 4) is 0 Å². The summed E-state index contributed by atoms with van der Waals surface area (Å²) in [4.78, 5) is 27.9. The van der Waals surface area contributed by atoms with Crippen LogP contribution < -0.4 is 0 Å². The molecule has 2 unspecified atom stereocenters. The Morgan fingerprint density at radius 1 is 1.14 bits per heavy atom. The van der Waals surface area contributed by atoms with Gasteiger partial charge in [-0.1, -0.05) is 61.3 Å². The Hall–Kier alpha value is -2.08. The number of halogens is 2. The summed E-state index contributed by atoms with van der Waals surface area (Å²) in [6.45, 7) is 4.96. The Bertz CT molecular complexity index is 1060. The summed E-state index contributed by atoms with van der Waals surface area (Å²) < 4.78 is 6.07. The average Bonchev–Trinajstić information content (AvgIpc) is 3.63. The van der Waals surface area contributed by atoms with E-state index in [0.717, 1.165) is 11.1 Å². The fourth-order valence-electron chi connectivity index (χ4n) is 5.33. The fraction of sp³-hybridized carbons (Fsp3) is 0.500. The Labute approximate surface area is 217 Å². The number of carboxylic acid groups (broad SMARTS) is 1. The summed E-state index contributed by atoms with van der Waals surface area (Å²) in [5, 5.41) is 11.0. The molecule has 7 heteroatoms. The zero-order valence-electron chi connectivity index (χ0n) is 20.3. The van der Waals surface area contributed by atoms with Crippen molar-refractivity contribution < 1.29 is 19.4 Å². The number of benzene rings is 2. The summed E-state index contributed by atoms with van der Waals surface area (Å²) in [5.41, 5.74) is 0.900. The molecule has 2 fully saturated rings. The lowest BCUT2D eigenvalue weighted by Crippen LogP contribution is -2.57. The van der Waals surface area contributed by atoms with E-state index in [4.69, 9.17) is 27.9 Å². The second kappa shape index (κ2) is 10.9. The predicted octanol–water partition coefficient (Wildman–Crippen LogP) is 6.74. The van der Waals surface area contributed by atoms with E-state index in [2.05, 4.69) is 6.92 Å². The number of hydrogen-bond donors (Lipinski definition) is 1. The van der Waals surface area contributed by atoms with E-state index >= 15 is 0 Å². The van der Waals surface area contributed by atoms with Crippen LogP contribution in [0.15, 0.2) is 48.5 Å². The zero-order chi connectivity index (χ0) is 25.2. The fourth-order valence-corrected chi connectivity index (χ4v) is 5.66. The minimum atomic E-state index is -1.05. The van der Waals surface area contributed by atoms with Crippen LogP contribution >= 0.6 is 23.2 Å². The molecule has 0 aromatic heterocycles. The third-order valence-corrected chi connectivity index (χ3v) is 7.84. The molecule has 5 nitrogen and oxygen atoms in total. The van der Waals surface area contributed by atoms with Crippen LogP contribution in [-0.4, -0.2) is 41.1 Å². The van der Waals surface area contributed by atoms with Crippen LogP contribution in [0.2, 0.25) is 10.0 Å². The van der Waals surface area contributed by atoms with Gasteiger partial charge < -0.3 is 14.7 Å². The van der Waals surface area contributed by atoms with Gasteiger partial charge in [0.1, 0.15) is 0 Å². The zero-order valence-corrected chi connectivity index (χ0v) is 21.8. The number of hydrogen-bond acceptors (Lipinski definition) is 3. The molecule has 1 amide bonds. The molecular formula is C28H33Cl2NO4. The largest absolute Gasteiger partial charge is 0.481 e.